The minimum absolute atomic E-state index is 0.0833. The Morgan fingerprint density at radius 2 is 1.02 bits per heavy atom. The van der Waals surface area contributed by atoms with Gasteiger partial charge in [-0.05, 0) is 110 Å². The third-order valence-electron chi connectivity index (χ3n) is 10.1. The van der Waals surface area contributed by atoms with E-state index in [-0.39, 0.29) is 5.41 Å². The van der Waals surface area contributed by atoms with Crippen molar-refractivity contribution in [1.29, 1.82) is 0 Å². The predicted molar refractivity (Wildman–Crippen MR) is 210 cm³/mol. The summed E-state index contributed by atoms with van der Waals surface area (Å²) in [5, 5.41) is 4.67. The number of aromatic nitrogens is 2. The van der Waals surface area contributed by atoms with Gasteiger partial charge in [-0.15, -0.1) is 22.7 Å². The van der Waals surface area contributed by atoms with Gasteiger partial charge in [0.1, 0.15) is 10.0 Å². The molecule has 49 heavy (non-hydrogen) atoms. The van der Waals surface area contributed by atoms with Gasteiger partial charge in [-0.2, -0.15) is 0 Å². The molecule has 0 saturated carbocycles. The zero-order valence-corrected chi connectivity index (χ0v) is 28.7. The smallest absolute Gasteiger partial charge is 0.124 e. The van der Waals surface area contributed by atoms with Crippen molar-refractivity contribution in [2.45, 2.75) is 19.3 Å². The number of para-hydroxylation sites is 2. The van der Waals surface area contributed by atoms with E-state index in [9.17, 15) is 0 Å². The van der Waals surface area contributed by atoms with E-state index in [1.807, 2.05) is 0 Å². The standard InChI is InChI=1S/C45H30N2S2/c1-45(2)36-21-19-27-10-3-4-13-34(27)42(36)35-20-18-30(26-37(35)45)28-11-9-12-29(22-28)31-23-32(43-46-38-14-5-7-16-40(38)48-43)25-33(24-31)44-47-39-15-6-8-17-41(39)49-44/h3-26H,1-2H3. The Labute approximate surface area is 293 Å². The molecule has 7 aromatic carbocycles. The molecule has 0 radical (unpaired) electrons. The van der Waals surface area contributed by atoms with Crippen molar-refractivity contribution in [1.82, 2.24) is 9.97 Å². The Balaban J connectivity index is 1.10. The van der Waals surface area contributed by atoms with Gasteiger partial charge in [0.25, 0.3) is 0 Å². The molecule has 0 unspecified atom stereocenters. The van der Waals surface area contributed by atoms with Crippen LogP contribution in [0.2, 0.25) is 0 Å². The van der Waals surface area contributed by atoms with Crippen LogP contribution in [0.5, 0.6) is 0 Å². The Kier molecular flexibility index (Phi) is 6.30. The maximum Gasteiger partial charge on any atom is 0.124 e. The van der Waals surface area contributed by atoms with Crippen LogP contribution in [0.3, 0.4) is 0 Å². The Morgan fingerprint density at radius 3 is 1.71 bits per heavy atom. The van der Waals surface area contributed by atoms with Gasteiger partial charge in [-0.25, -0.2) is 9.97 Å². The van der Waals surface area contributed by atoms with Crippen LogP contribution in [0.25, 0.3) is 85.7 Å². The summed E-state index contributed by atoms with van der Waals surface area (Å²) < 4.78 is 2.39. The molecular formula is C45H30N2S2. The third kappa shape index (κ3) is 4.59. The molecule has 232 valence electrons. The Hall–Kier alpha value is -5.42. The molecule has 0 N–H and O–H groups in total. The van der Waals surface area contributed by atoms with Crippen molar-refractivity contribution in [3.05, 3.63) is 157 Å². The van der Waals surface area contributed by atoms with E-state index in [4.69, 9.17) is 9.97 Å². The van der Waals surface area contributed by atoms with Crippen molar-refractivity contribution >= 4 is 53.9 Å². The minimum atomic E-state index is -0.0833. The lowest BCUT2D eigenvalue weighted by molar-refractivity contribution is 0.661. The van der Waals surface area contributed by atoms with Gasteiger partial charge < -0.3 is 0 Å². The van der Waals surface area contributed by atoms with E-state index in [2.05, 4.69) is 159 Å². The van der Waals surface area contributed by atoms with E-state index in [1.54, 1.807) is 22.7 Å². The lowest BCUT2D eigenvalue weighted by atomic mass is 9.81. The van der Waals surface area contributed by atoms with Crippen LogP contribution in [0.1, 0.15) is 25.0 Å². The van der Waals surface area contributed by atoms with Crippen molar-refractivity contribution in [2.24, 2.45) is 0 Å². The van der Waals surface area contributed by atoms with Gasteiger partial charge in [0, 0.05) is 16.5 Å². The molecule has 1 aliphatic rings. The zero-order valence-electron chi connectivity index (χ0n) is 27.1. The van der Waals surface area contributed by atoms with Gasteiger partial charge in [0.15, 0.2) is 0 Å². The number of rotatable bonds is 4. The first-order valence-corrected chi connectivity index (χ1v) is 18.3. The van der Waals surface area contributed by atoms with Gasteiger partial charge in [0.2, 0.25) is 0 Å². The molecular weight excluding hydrogens is 633 g/mol. The molecule has 2 aromatic heterocycles. The molecule has 0 aliphatic heterocycles. The van der Waals surface area contributed by atoms with Gasteiger partial charge in [0.05, 0.1) is 20.4 Å². The monoisotopic (exact) mass is 662 g/mol. The summed E-state index contributed by atoms with van der Waals surface area (Å²) in [5.74, 6) is 0. The van der Waals surface area contributed by atoms with E-state index in [0.717, 1.165) is 37.7 Å². The van der Waals surface area contributed by atoms with Gasteiger partial charge in [-0.3, -0.25) is 0 Å². The Bertz CT molecular complexity index is 2610. The lowest BCUT2D eigenvalue weighted by Gasteiger charge is -2.22. The normalized spacial score (nSPS) is 13.3. The molecule has 0 spiro atoms. The average Bonchev–Trinajstić information content (AvgIpc) is 3.84. The largest absolute Gasteiger partial charge is 0.236 e. The van der Waals surface area contributed by atoms with E-state index in [0.29, 0.717) is 0 Å². The molecule has 1 aliphatic carbocycles. The van der Waals surface area contributed by atoms with Crippen LogP contribution >= 0.6 is 22.7 Å². The first-order chi connectivity index (χ1) is 24.0. The average molecular weight is 663 g/mol. The van der Waals surface area contributed by atoms with Crippen LogP contribution < -0.4 is 0 Å². The molecule has 9 aromatic rings. The first-order valence-electron chi connectivity index (χ1n) is 16.6. The van der Waals surface area contributed by atoms with Crippen LogP contribution in [0.4, 0.5) is 0 Å². The van der Waals surface area contributed by atoms with Crippen LogP contribution in [0.15, 0.2) is 146 Å². The molecule has 0 amide bonds. The molecule has 2 heterocycles. The molecule has 0 saturated heterocycles. The topological polar surface area (TPSA) is 25.8 Å². The summed E-state index contributed by atoms with van der Waals surface area (Å²) in [6, 6.07) is 53.0. The zero-order chi connectivity index (χ0) is 32.7. The molecule has 0 bridgehead atoms. The SMILES string of the molecule is CC1(C)c2cc(-c3cccc(-c4cc(-c5nc6ccccc6s5)cc(-c5nc6ccccc6s5)c4)c3)ccc2-c2c1ccc1ccccc21. The minimum Gasteiger partial charge on any atom is -0.236 e. The number of hydrogen-bond donors (Lipinski definition) is 0. The predicted octanol–water partition coefficient (Wildman–Crippen LogP) is 13.0. The first kappa shape index (κ1) is 28.6. The second-order valence-electron chi connectivity index (χ2n) is 13.4. The fourth-order valence-electron chi connectivity index (χ4n) is 7.60. The number of nitrogens with zero attached hydrogens (tertiary/aromatic N) is 2. The lowest BCUT2D eigenvalue weighted by Crippen LogP contribution is -2.15. The number of fused-ring (bicyclic) bond motifs is 7. The maximum atomic E-state index is 5.04. The molecule has 10 rings (SSSR count). The highest BCUT2D eigenvalue weighted by molar-refractivity contribution is 7.22. The van der Waals surface area contributed by atoms with E-state index < -0.39 is 0 Å². The highest BCUT2D eigenvalue weighted by Gasteiger charge is 2.36. The molecule has 0 fully saturated rings. The summed E-state index contributed by atoms with van der Waals surface area (Å²) in [6.07, 6.45) is 0. The van der Waals surface area contributed by atoms with E-state index in [1.165, 1.54) is 59.1 Å². The maximum absolute atomic E-state index is 5.04. The Morgan fingerprint density at radius 1 is 0.449 bits per heavy atom. The summed E-state index contributed by atoms with van der Waals surface area (Å²) in [7, 11) is 0. The number of benzene rings is 7. The second-order valence-corrected chi connectivity index (χ2v) is 15.5. The number of thiazole rings is 2. The summed E-state index contributed by atoms with van der Waals surface area (Å²) in [5.41, 5.74) is 14.5. The quantitative estimate of drug-likeness (QED) is 0.187. The molecule has 2 nitrogen and oxygen atoms in total. The number of hydrogen-bond acceptors (Lipinski definition) is 4. The highest BCUT2D eigenvalue weighted by atomic mass is 32.1. The van der Waals surface area contributed by atoms with Crippen LogP contribution in [-0.2, 0) is 5.41 Å². The van der Waals surface area contributed by atoms with Crippen molar-refractivity contribution < 1.29 is 0 Å². The summed E-state index contributed by atoms with van der Waals surface area (Å²) in [6.45, 7) is 4.73. The molecule has 4 heteroatoms. The third-order valence-corrected chi connectivity index (χ3v) is 12.3. The van der Waals surface area contributed by atoms with Crippen molar-refractivity contribution in [2.75, 3.05) is 0 Å². The van der Waals surface area contributed by atoms with Gasteiger partial charge >= 0.3 is 0 Å². The highest BCUT2D eigenvalue weighted by Crippen LogP contribution is 2.52. The van der Waals surface area contributed by atoms with Crippen LogP contribution in [-0.4, -0.2) is 9.97 Å². The van der Waals surface area contributed by atoms with Crippen molar-refractivity contribution in [3.63, 3.8) is 0 Å². The summed E-state index contributed by atoms with van der Waals surface area (Å²) >= 11 is 3.48. The van der Waals surface area contributed by atoms with Crippen LogP contribution in [0, 0.1) is 0 Å². The second kappa shape index (κ2) is 10.8. The fraction of sp³-hybridized carbons (Fsp3) is 0.0667. The van der Waals surface area contributed by atoms with E-state index >= 15 is 0 Å². The fourth-order valence-corrected chi connectivity index (χ4v) is 9.50. The molecule has 0 atom stereocenters. The van der Waals surface area contributed by atoms with Gasteiger partial charge in [-0.1, -0.05) is 105 Å². The summed E-state index contributed by atoms with van der Waals surface area (Å²) in [4.78, 5) is 10.1. The van der Waals surface area contributed by atoms with Crippen molar-refractivity contribution in [3.8, 4) is 54.5 Å².